The lowest BCUT2D eigenvalue weighted by Crippen LogP contribution is -2.35. The monoisotopic (exact) mass is 242 g/mol. The predicted octanol–water partition coefficient (Wildman–Crippen LogP) is 5.22. The molecule has 0 aromatic carbocycles. The van der Waals surface area contributed by atoms with Gasteiger partial charge in [0.05, 0.1) is 0 Å². The zero-order valence-electron chi connectivity index (χ0n) is 12.2. The number of rotatable bonds is 10. The highest BCUT2D eigenvalue weighted by Gasteiger charge is 2.61. The first-order valence-corrected chi connectivity index (χ1v) is 7.51. The SMILES string of the molecule is CCCCC(C)(CCCC)C1(CCCC)OO1. The molecular formula is C15H30O2. The van der Waals surface area contributed by atoms with Crippen LogP contribution in [-0.2, 0) is 9.78 Å². The molecule has 0 amide bonds. The zero-order valence-corrected chi connectivity index (χ0v) is 12.2. The highest BCUT2D eigenvalue weighted by atomic mass is 17.4. The third-order valence-corrected chi connectivity index (χ3v) is 4.23. The molecule has 0 saturated carbocycles. The Kier molecular flexibility index (Phi) is 5.94. The molecule has 1 fully saturated rings. The first kappa shape index (κ1) is 15.0. The molecule has 0 spiro atoms. The van der Waals surface area contributed by atoms with E-state index < -0.39 is 0 Å². The van der Waals surface area contributed by atoms with E-state index in [4.69, 9.17) is 9.78 Å². The summed E-state index contributed by atoms with van der Waals surface area (Å²) in [7, 11) is 0. The molecule has 2 nitrogen and oxygen atoms in total. The maximum atomic E-state index is 5.46. The maximum absolute atomic E-state index is 5.46. The van der Waals surface area contributed by atoms with E-state index in [1.165, 1.54) is 51.4 Å². The lowest BCUT2D eigenvalue weighted by Gasteiger charge is -2.32. The predicted molar refractivity (Wildman–Crippen MR) is 71.6 cm³/mol. The van der Waals surface area contributed by atoms with Crippen LogP contribution in [0, 0.1) is 5.41 Å². The zero-order chi connectivity index (χ0) is 12.8. The van der Waals surface area contributed by atoms with Gasteiger partial charge in [0, 0.05) is 11.8 Å². The van der Waals surface area contributed by atoms with Gasteiger partial charge in [0.2, 0.25) is 5.79 Å². The van der Waals surface area contributed by atoms with Crippen molar-refractivity contribution >= 4 is 0 Å². The molecule has 17 heavy (non-hydrogen) atoms. The summed E-state index contributed by atoms with van der Waals surface area (Å²) in [5.41, 5.74) is 0.216. The van der Waals surface area contributed by atoms with Gasteiger partial charge in [-0.05, 0) is 19.3 Å². The number of hydrogen-bond donors (Lipinski definition) is 0. The summed E-state index contributed by atoms with van der Waals surface area (Å²) < 4.78 is 0. The molecule has 1 saturated heterocycles. The second kappa shape index (κ2) is 6.75. The number of hydrogen-bond acceptors (Lipinski definition) is 2. The molecule has 0 aliphatic carbocycles. The summed E-state index contributed by atoms with van der Waals surface area (Å²) in [6.07, 6.45) is 11.0. The molecule has 0 unspecified atom stereocenters. The van der Waals surface area contributed by atoms with Crippen LogP contribution >= 0.6 is 0 Å². The van der Waals surface area contributed by atoms with Gasteiger partial charge in [-0.1, -0.05) is 59.8 Å². The van der Waals surface area contributed by atoms with Gasteiger partial charge in [-0.15, -0.1) is 0 Å². The molecule has 0 radical (unpaired) electrons. The summed E-state index contributed by atoms with van der Waals surface area (Å²) in [5.74, 6) is -0.243. The lowest BCUT2D eigenvalue weighted by molar-refractivity contribution is 0.0823. The van der Waals surface area contributed by atoms with Crippen LogP contribution in [0.4, 0.5) is 0 Å². The van der Waals surface area contributed by atoms with Gasteiger partial charge in [0.1, 0.15) is 0 Å². The van der Waals surface area contributed by atoms with Gasteiger partial charge in [-0.2, -0.15) is 9.78 Å². The van der Waals surface area contributed by atoms with E-state index >= 15 is 0 Å². The molecule has 0 aromatic heterocycles. The van der Waals surface area contributed by atoms with Gasteiger partial charge in [0.25, 0.3) is 0 Å². The van der Waals surface area contributed by atoms with Crippen molar-refractivity contribution in [3.05, 3.63) is 0 Å². The highest BCUT2D eigenvalue weighted by Crippen LogP contribution is 2.54. The van der Waals surface area contributed by atoms with Crippen LogP contribution in [0.25, 0.3) is 0 Å². The molecule has 0 atom stereocenters. The van der Waals surface area contributed by atoms with Crippen molar-refractivity contribution < 1.29 is 9.78 Å². The van der Waals surface area contributed by atoms with Crippen LogP contribution in [0.15, 0.2) is 0 Å². The van der Waals surface area contributed by atoms with Gasteiger partial charge >= 0.3 is 0 Å². The van der Waals surface area contributed by atoms with Crippen molar-refractivity contribution in [2.24, 2.45) is 5.41 Å². The van der Waals surface area contributed by atoms with Gasteiger partial charge in [-0.25, -0.2) is 0 Å². The summed E-state index contributed by atoms with van der Waals surface area (Å²) in [5, 5.41) is 0. The van der Waals surface area contributed by atoms with Crippen LogP contribution in [-0.4, -0.2) is 5.79 Å². The third kappa shape index (κ3) is 3.69. The van der Waals surface area contributed by atoms with E-state index in [1.807, 2.05) is 0 Å². The minimum absolute atomic E-state index is 0.216. The van der Waals surface area contributed by atoms with Gasteiger partial charge in [-0.3, -0.25) is 0 Å². The molecular weight excluding hydrogens is 212 g/mol. The van der Waals surface area contributed by atoms with Crippen molar-refractivity contribution in [1.82, 2.24) is 0 Å². The van der Waals surface area contributed by atoms with E-state index in [9.17, 15) is 0 Å². The molecule has 0 bridgehead atoms. The van der Waals surface area contributed by atoms with E-state index in [2.05, 4.69) is 27.7 Å². The van der Waals surface area contributed by atoms with Crippen LogP contribution < -0.4 is 0 Å². The number of unbranched alkanes of at least 4 members (excludes halogenated alkanes) is 3. The van der Waals surface area contributed by atoms with Crippen LogP contribution in [0.5, 0.6) is 0 Å². The highest BCUT2D eigenvalue weighted by molar-refractivity contribution is 4.93. The first-order valence-electron chi connectivity index (χ1n) is 7.51. The van der Waals surface area contributed by atoms with Crippen molar-refractivity contribution in [2.45, 2.75) is 91.3 Å². The smallest absolute Gasteiger partial charge is 0.194 e. The molecule has 0 N–H and O–H groups in total. The quantitative estimate of drug-likeness (QED) is 0.387. The van der Waals surface area contributed by atoms with Crippen LogP contribution in [0.3, 0.4) is 0 Å². The fraction of sp³-hybridized carbons (Fsp3) is 1.00. The van der Waals surface area contributed by atoms with Crippen LogP contribution in [0.2, 0.25) is 0 Å². The van der Waals surface area contributed by atoms with Crippen molar-refractivity contribution in [2.75, 3.05) is 0 Å². The topological polar surface area (TPSA) is 25.1 Å². The van der Waals surface area contributed by atoms with Crippen molar-refractivity contribution in [1.29, 1.82) is 0 Å². The molecule has 0 aromatic rings. The van der Waals surface area contributed by atoms with E-state index in [0.29, 0.717) is 0 Å². The molecule has 1 aliphatic heterocycles. The molecule has 2 heteroatoms. The van der Waals surface area contributed by atoms with Gasteiger partial charge in [0.15, 0.2) is 0 Å². The minimum Gasteiger partial charge on any atom is -0.194 e. The fourth-order valence-corrected chi connectivity index (χ4v) is 2.69. The minimum atomic E-state index is -0.243. The van der Waals surface area contributed by atoms with E-state index in [-0.39, 0.29) is 11.2 Å². The Balaban J connectivity index is 2.60. The standard InChI is InChI=1S/C15H30O2/c1-5-8-11-14(4,12-9-6-2)15(16-17-15)13-10-7-3/h5-13H2,1-4H3. The average molecular weight is 242 g/mol. The Hall–Kier alpha value is -0.0800. The second-order valence-corrected chi connectivity index (χ2v) is 5.79. The Labute approximate surface area is 107 Å². The molecule has 102 valence electrons. The maximum Gasteiger partial charge on any atom is 0.239 e. The van der Waals surface area contributed by atoms with E-state index in [0.717, 1.165) is 6.42 Å². The summed E-state index contributed by atoms with van der Waals surface area (Å²) >= 11 is 0. The third-order valence-electron chi connectivity index (χ3n) is 4.23. The fourth-order valence-electron chi connectivity index (χ4n) is 2.69. The molecule has 1 rings (SSSR count). The Bertz CT molecular complexity index is 201. The normalized spacial score (nSPS) is 18.4. The second-order valence-electron chi connectivity index (χ2n) is 5.79. The Morgan fingerprint density at radius 3 is 1.65 bits per heavy atom. The summed E-state index contributed by atoms with van der Waals surface area (Å²) in [6, 6.07) is 0. The molecule has 1 aliphatic rings. The average Bonchev–Trinajstić information content (AvgIpc) is 3.13. The summed E-state index contributed by atoms with van der Waals surface area (Å²) in [4.78, 5) is 10.9. The largest absolute Gasteiger partial charge is 0.239 e. The van der Waals surface area contributed by atoms with Crippen molar-refractivity contribution in [3.8, 4) is 0 Å². The Morgan fingerprint density at radius 2 is 1.29 bits per heavy atom. The van der Waals surface area contributed by atoms with E-state index in [1.54, 1.807) is 0 Å². The van der Waals surface area contributed by atoms with Gasteiger partial charge < -0.3 is 0 Å². The first-order chi connectivity index (χ1) is 8.14. The van der Waals surface area contributed by atoms with Crippen LogP contribution in [0.1, 0.15) is 85.5 Å². The Morgan fingerprint density at radius 1 is 0.824 bits per heavy atom. The van der Waals surface area contributed by atoms with Crippen molar-refractivity contribution in [3.63, 3.8) is 0 Å². The lowest BCUT2D eigenvalue weighted by atomic mass is 9.72. The molecule has 1 heterocycles. The summed E-state index contributed by atoms with van der Waals surface area (Å²) in [6.45, 7) is 9.10.